The van der Waals surface area contributed by atoms with Crippen molar-refractivity contribution in [1.29, 1.82) is 0 Å². The van der Waals surface area contributed by atoms with E-state index in [2.05, 4.69) is 17.4 Å². The number of likely N-dealkylation sites (tertiary alicyclic amines) is 1. The molecule has 8 heteroatoms. The maximum absolute atomic E-state index is 13.0. The topological polar surface area (TPSA) is 95.9 Å². The Morgan fingerprint density at radius 3 is 2.70 bits per heavy atom. The third kappa shape index (κ3) is 6.67. The Labute approximate surface area is 160 Å². The van der Waals surface area contributed by atoms with Crippen molar-refractivity contribution in [1.82, 2.24) is 10.2 Å². The van der Waals surface area contributed by atoms with E-state index in [0.29, 0.717) is 32.2 Å². The molecule has 0 spiro atoms. The molecule has 27 heavy (non-hydrogen) atoms. The van der Waals surface area contributed by atoms with Gasteiger partial charge in [0.05, 0.1) is 12.9 Å². The van der Waals surface area contributed by atoms with E-state index in [-0.39, 0.29) is 6.29 Å². The monoisotopic (exact) mass is 396 g/mol. The van der Waals surface area contributed by atoms with Crippen LogP contribution in [0.5, 0.6) is 0 Å². The number of urea groups is 1. The maximum atomic E-state index is 13.0. The van der Waals surface area contributed by atoms with E-state index in [1.807, 2.05) is 18.2 Å². The van der Waals surface area contributed by atoms with Crippen molar-refractivity contribution in [3.05, 3.63) is 35.9 Å². The lowest BCUT2D eigenvalue weighted by Gasteiger charge is -2.24. The lowest BCUT2D eigenvalue weighted by atomic mass is 10.1. The molecular weight excluding hydrogens is 367 g/mol. The molecule has 0 aliphatic carbocycles. The van der Waals surface area contributed by atoms with Crippen LogP contribution < -0.4 is 5.32 Å². The minimum Gasteiger partial charge on any atom is -0.480 e. The summed E-state index contributed by atoms with van der Waals surface area (Å²) in [4.78, 5) is 24.8. The first-order chi connectivity index (χ1) is 12.9. The summed E-state index contributed by atoms with van der Waals surface area (Å²) in [6, 6.07) is 8.82. The van der Waals surface area contributed by atoms with E-state index >= 15 is 0 Å². The number of carbonyl (C=O) groups is 2. The van der Waals surface area contributed by atoms with Gasteiger partial charge in [-0.2, -0.15) is 0 Å². The number of aliphatic carboxylic acids is 1. The first-order valence-corrected chi connectivity index (χ1v) is 11.5. The third-order valence-corrected chi connectivity index (χ3v) is 7.06. The molecule has 2 amide bonds. The number of hydrogen-bond acceptors (Lipinski definition) is 4. The van der Waals surface area contributed by atoms with Crippen LogP contribution in [0.25, 0.3) is 0 Å². The van der Waals surface area contributed by atoms with Gasteiger partial charge >= 0.3 is 12.0 Å². The molecule has 0 aromatic heterocycles. The van der Waals surface area contributed by atoms with E-state index in [1.54, 1.807) is 6.92 Å². The van der Waals surface area contributed by atoms with Gasteiger partial charge in [0.25, 0.3) is 0 Å². The number of aryl methyl sites for hydroxylation is 1. The summed E-state index contributed by atoms with van der Waals surface area (Å²) in [5, 5.41) is 11.8. The average molecular weight is 396 g/mol. The number of nitrogens with one attached hydrogen (secondary N) is 1. The van der Waals surface area contributed by atoms with Crippen LogP contribution in [-0.2, 0) is 20.3 Å². The summed E-state index contributed by atoms with van der Waals surface area (Å²) in [6.45, 7) is 2.49. The molecule has 2 atom stereocenters. The van der Waals surface area contributed by atoms with Crippen LogP contribution in [0, 0.1) is 0 Å². The van der Waals surface area contributed by atoms with Gasteiger partial charge in [-0.05, 0) is 44.6 Å². The second kappa shape index (κ2) is 10.5. The summed E-state index contributed by atoms with van der Waals surface area (Å²) >= 11 is 0. The highest BCUT2D eigenvalue weighted by Gasteiger charge is 2.34. The van der Waals surface area contributed by atoms with Crippen molar-refractivity contribution in [2.75, 3.05) is 25.6 Å². The number of carboxylic acid groups (broad SMARTS) is 1. The number of carboxylic acids is 1. The van der Waals surface area contributed by atoms with Crippen LogP contribution in [-0.4, -0.2) is 53.6 Å². The molecule has 1 aromatic rings. The zero-order valence-corrected chi connectivity index (χ0v) is 16.7. The van der Waals surface area contributed by atoms with Crippen molar-refractivity contribution in [3.63, 3.8) is 0 Å². The number of nitrogens with zero attached hydrogens (tertiary/aromatic N) is 1. The average Bonchev–Trinajstić information content (AvgIpc) is 3.15. The maximum Gasteiger partial charge on any atom is 0.326 e. The van der Waals surface area contributed by atoms with E-state index in [4.69, 9.17) is 4.52 Å². The Hall–Kier alpha value is -1.85. The fourth-order valence-corrected chi connectivity index (χ4v) is 5.24. The molecule has 2 N–H and O–H groups in total. The number of rotatable bonds is 10. The molecule has 1 saturated heterocycles. The van der Waals surface area contributed by atoms with Gasteiger partial charge in [0.1, 0.15) is 6.04 Å². The highest BCUT2D eigenvalue weighted by Crippen LogP contribution is 2.46. The molecule has 2 rings (SSSR count). The van der Waals surface area contributed by atoms with Gasteiger partial charge in [-0.15, -0.1) is 0 Å². The number of benzene rings is 1. The summed E-state index contributed by atoms with van der Waals surface area (Å²) < 4.78 is 18.5. The van der Waals surface area contributed by atoms with Gasteiger partial charge in [0, 0.05) is 12.7 Å². The molecular formula is C19H29N2O5P. The van der Waals surface area contributed by atoms with Gasteiger partial charge in [-0.25, -0.2) is 9.59 Å². The second-order valence-electron chi connectivity index (χ2n) is 6.73. The van der Waals surface area contributed by atoms with Gasteiger partial charge in [0.2, 0.25) is 7.37 Å². The molecule has 1 aromatic carbocycles. The zero-order chi connectivity index (χ0) is 19.7. The Balaban J connectivity index is 1.81. The second-order valence-corrected chi connectivity index (χ2v) is 9.38. The first-order valence-electron chi connectivity index (χ1n) is 9.49. The Kier molecular flexibility index (Phi) is 8.32. The smallest absolute Gasteiger partial charge is 0.326 e. The summed E-state index contributed by atoms with van der Waals surface area (Å²) in [6.07, 6.45) is 3.99. The van der Waals surface area contributed by atoms with Crippen molar-refractivity contribution < 1.29 is 23.8 Å². The molecule has 1 fully saturated rings. The third-order valence-electron chi connectivity index (χ3n) is 4.69. The van der Waals surface area contributed by atoms with E-state index in [1.165, 1.54) is 10.5 Å². The molecule has 1 heterocycles. The Morgan fingerprint density at radius 2 is 2.04 bits per heavy atom. The lowest BCUT2D eigenvalue weighted by molar-refractivity contribution is -0.141. The first kappa shape index (κ1) is 21.5. The van der Waals surface area contributed by atoms with Crippen LogP contribution in [0.1, 0.15) is 38.2 Å². The molecule has 7 nitrogen and oxygen atoms in total. The molecule has 0 saturated carbocycles. The van der Waals surface area contributed by atoms with Crippen LogP contribution in [0.3, 0.4) is 0 Å². The van der Waals surface area contributed by atoms with Crippen LogP contribution in [0.15, 0.2) is 30.3 Å². The number of hydrogen-bond donors (Lipinski definition) is 2. The quantitative estimate of drug-likeness (QED) is 0.466. The van der Waals surface area contributed by atoms with E-state index in [9.17, 15) is 19.3 Å². The van der Waals surface area contributed by atoms with E-state index in [0.717, 1.165) is 19.3 Å². The lowest BCUT2D eigenvalue weighted by Crippen LogP contribution is -2.46. The van der Waals surface area contributed by atoms with Crippen LogP contribution >= 0.6 is 7.37 Å². The minimum absolute atomic E-state index is 0.0617. The van der Waals surface area contributed by atoms with E-state index < -0.39 is 25.4 Å². The summed E-state index contributed by atoms with van der Waals surface area (Å²) in [5.74, 6) is -1.00. The SMILES string of the molecule is CCOP(=O)(CCCCc1ccccc1)CNC(=O)N1CCC[C@H]1C(=O)O. The van der Waals surface area contributed by atoms with Gasteiger partial charge in [-0.1, -0.05) is 30.3 Å². The number of carbonyl (C=O) groups excluding carboxylic acids is 1. The molecule has 1 aliphatic heterocycles. The standard InChI is InChI=1S/C19H29N2O5P/c1-2-26-27(25,14-7-6-11-16-9-4-3-5-10-16)15-20-19(24)21-13-8-12-17(21)18(22)23/h3-5,9-10,17H,2,6-8,11-15H2,1H3,(H,20,24)(H,22,23)/t17-,27?/m0/s1. The van der Waals surface area contributed by atoms with Crippen molar-refractivity contribution in [3.8, 4) is 0 Å². The summed E-state index contributed by atoms with van der Waals surface area (Å²) in [5.41, 5.74) is 1.24. The largest absolute Gasteiger partial charge is 0.480 e. The molecule has 0 bridgehead atoms. The predicted octanol–water partition coefficient (Wildman–Crippen LogP) is 3.54. The normalized spacial score (nSPS) is 18.9. The highest BCUT2D eigenvalue weighted by molar-refractivity contribution is 7.58. The summed E-state index contributed by atoms with van der Waals surface area (Å²) in [7, 11) is -2.98. The van der Waals surface area contributed by atoms with Crippen LogP contribution in [0.4, 0.5) is 4.79 Å². The van der Waals surface area contributed by atoms with Crippen molar-refractivity contribution >= 4 is 19.4 Å². The zero-order valence-electron chi connectivity index (χ0n) is 15.8. The molecule has 0 radical (unpaired) electrons. The van der Waals surface area contributed by atoms with Crippen molar-refractivity contribution in [2.45, 2.75) is 45.1 Å². The van der Waals surface area contributed by atoms with Crippen LogP contribution in [0.2, 0.25) is 0 Å². The number of unbranched alkanes of at least 4 members (excludes halogenated alkanes) is 1. The predicted molar refractivity (Wildman–Crippen MR) is 104 cm³/mol. The Bertz CT molecular complexity index is 667. The minimum atomic E-state index is -2.98. The molecule has 1 unspecified atom stereocenters. The van der Waals surface area contributed by atoms with Gasteiger partial charge in [-0.3, -0.25) is 4.57 Å². The van der Waals surface area contributed by atoms with Crippen molar-refractivity contribution in [2.24, 2.45) is 0 Å². The fourth-order valence-electron chi connectivity index (χ4n) is 3.31. The molecule has 1 aliphatic rings. The number of amides is 2. The highest BCUT2D eigenvalue weighted by atomic mass is 31.2. The van der Waals surface area contributed by atoms with Gasteiger partial charge < -0.3 is 19.8 Å². The Morgan fingerprint density at radius 1 is 1.30 bits per heavy atom. The van der Waals surface area contributed by atoms with Gasteiger partial charge in [0.15, 0.2) is 0 Å². The fraction of sp³-hybridized carbons (Fsp3) is 0.579. The molecule has 150 valence electrons.